The standard InChI is InChI=1S/C18H17N3O3/c1-13-20-16(21-24-13)12-19-17(22)18(23,14-8-4-2-5-9-14)15-10-6-3-7-11-15/h2-11,23H,12H2,1H3,(H,19,22). The maximum Gasteiger partial charge on any atom is 0.261 e. The van der Waals surface area contributed by atoms with Gasteiger partial charge in [0.1, 0.15) is 0 Å². The van der Waals surface area contributed by atoms with Gasteiger partial charge in [-0.15, -0.1) is 0 Å². The maximum atomic E-state index is 12.8. The number of aryl methyl sites for hydroxylation is 1. The molecule has 2 N–H and O–H groups in total. The van der Waals surface area contributed by atoms with Gasteiger partial charge in [-0.3, -0.25) is 4.79 Å². The molecular formula is C18H17N3O3. The molecule has 0 bridgehead atoms. The summed E-state index contributed by atoms with van der Waals surface area (Å²) in [6.07, 6.45) is 0. The zero-order valence-corrected chi connectivity index (χ0v) is 13.1. The molecule has 0 atom stereocenters. The molecule has 1 aromatic heterocycles. The largest absolute Gasteiger partial charge is 0.372 e. The molecule has 1 heterocycles. The average Bonchev–Trinajstić information content (AvgIpc) is 3.05. The first-order chi connectivity index (χ1) is 11.6. The van der Waals surface area contributed by atoms with Gasteiger partial charge in [-0.25, -0.2) is 0 Å². The van der Waals surface area contributed by atoms with E-state index in [0.29, 0.717) is 22.8 Å². The van der Waals surface area contributed by atoms with Crippen LogP contribution in [0.15, 0.2) is 65.2 Å². The molecule has 0 fully saturated rings. The summed E-state index contributed by atoms with van der Waals surface area (Å²) in [4.78, 5) is 16.8. The van der Waals surface area contributed by atoms with Crippen molar-refractivity contribution >= 4 is 5.91 Å². The van der Waals surface area contributed by atoms with Crippen molar-refractivity contribution in [3.63, 3.8) is 0 Å². The van der Waals surface area contributed by atoms with Crippen LogP contribution in [0.3, 0.4) is 0 Å². The molecule has 3 aromatic rings. The van der Waals surface area contributed by atoms with E-state index in [-0.39, 0.29) is 6.54 Å². The molecule has 0 aliphatic rings. The van der Waals surface area contributed by atoms with Gasteiger partial charge in [-0.2, -0.15) is 4.98 Å². The Kier molecular flexibility index (Phi) is 4.39. The lowest BCUT2D eigenvalue weighted by Crippen LogP contribution is -2.45. The minimum Gasteiger partial charge on any atom is -0.372 e. The number of carbonyl (C=O) groups excluding carboxylic acids is 1. The van der Waals surface area contributed by atoms with Gasteiger partial charge < -0.3 is 14.9 Å². The fraction of sp³-hybridized carbons (Fsp3) is 0.167. The highest BCUT2D eigenvalue weighted by Gasteiger charge is 2.39. The van der Waals surface area contributed by atoms with Crippen LogP contribution >= 0.6 is 0 Å². The molecule has 2 aromatic carbocycles. The Morgan fingerprint density at radius 1 is 1.08 bits per heavy atom. The van der Waals surface area contributed by atoms with Crippen LogP contribution in [0.1, 0.15) is 22.8 Å². The number of rotatable bonds is 5. The fourth-order valence-electron chi connectivity index (χ4n) is 2.49. The number of hydrogen-bond acceptors (Lipinski definition) is 5. The van der Waals surface area contributed by atoms with Gasteiger partial charge in [0.05, 0.1) is 6.54 Å². The lowest BCUT2D eigenvalue weighted by molar-refractivity contribution is -0.136. The molecule has 0 radical (unpaired) electrons. The summed E-state index contributed by atoms with van der Waals surface area (Å²) in [5.41, 5.74) is -0.836. The molecule has 122 valence electrons. The molecule has 6 nitrogen and oxygen atoms in total. The van der Waals surface area contributed by atoms with Crippen LogP contribution in [0.5, 0.6) is 0 Å². The smallest absolute Gasteiger partial charge is 0.261 e. The van der Waals surface area contributed by atoms with E-state index < -0.39 is 11.5 Å². The van der Waals surface area contributed by atoms with Crippen molar-refractivity contribution in [2.24, 2.45) is 0 Å². The first-order valence-corrected chi connectivity index (χ1v) is 7.51. The number of carbonyl (C=O) groups is 1. The SMILES string of the molecule is Cc1nc(CNC(=O)C(O)(c2ccccc2)c2ccccc2)no1. The summed E-state index contributed by atoms with van der Waals surface area (Å²) in [6.45, 7) is 1.74. The number of nitrogens with zero attached hydrogens (tertiary/aromatic N) is 2. The van der Waals surface area contributed by atoms with Crippen molar-refractivity contribution in [2.45, 2.75) is 19.1 Å². The Hall–Kier alpha value is -2.99. The highest BCUT2D eigenvalue weighted by molar-refractivity contribution is 5.90. The number of nitrogens with one attached hydrogen (secondary N) is 1. The lowest BCUT2D eigenvalue weighted by Gasteiger charge is -2.27. The van der Waals surface area contributed by atoms with E-state index in [4.69, 9.17) is 4.52 Å². The van der Waals surface area contributed by atoms with Crippen molar-refractivity contribution in [3.05, 3.63) is 83.5 Å². The molecule has 24 heavy (non-hydrogen) atoms. The second kappa shape index (κ2) is 6.64. The van der Waals surface area contributed by atoms with Crippen molar-refractivity contribution < 1.29 is 14.4 Å². The Morgan fingerprint density at radius 3 is 2.08 bits per heavy atom. The van der Waals surface area contributed by atoms with Crippen LogP contribution in [0.2, 0.25) is 0 Å². The Bertz CT molecular complexity index is 776. The van der Waals surface area contributed by atoms with E-state index in [1.807, 2.05) is 12.1 Å². The second-order valence-corrected chi connectivity index (χ2v) is 5.35. The third-order valence-electron chi connectivity index (χ3n) is 3.69. The van der Waals surface area contributed by atoms with E-state index in [2.05, 4.69) is 15.5 Å². The summed E-state index contributed by atoms with van der Waals surface area (Å²) in [5.74, 6) is 0.215. The highest BCUT2D eigenvalue weighted by atomic mass is 16.5. The van der Waals surface area contributed by atoms with Crippen LogP contribution in [-0.4, -0.2) is 21.2 Å². The first kappa shape index (κ1) is 15.9. The predicted molar refractivity (Wildman–Crippen MR) is 86.8 cm³/mol. The Morgan fingerprint density at radius 2 is 1.62 bits per heavy atom. The molecular weight excluding hydrogens is 306 g/mol. The second-order valence-electron chi connectivity index (χ2n) is 5.35. The normalized spacial score (nSPS) is 11.2. The highest BCUT2D eigenvalue weighted by Crippen LogP contribution is 2.29. The molecule has 0 saturated carbocycles. The monoisotopic (exact) mass is 323 g/mol. The third-order valence-corrected chi connectivity index (χ3v) is 3.69. The van der Waals surface area contributed by atoms with Gasteiger partial charge in [0, 0.05) is 6.92 Å². The zero-order valence-electron chi connectivity index (χ0n) is 13.1. The van der Waals surface area contributed by atoms with Gasteiger partial charge in [-0.1, -0.05) is 65.8 Å². The summed E-state index contributed by atoms with van der Waals surface area (Å²) < 4.78 is 4.88. The summed E-state index contributed by atoms with van der Waals surface area (Å²) in [7, 11) is 0. The van der Waals surface area contributed by atoms with E-state index in [9.17, 15) is 9.90 Å². The molecule has 0 spiro atoms. The van der Waals surface area contributed by atoms with E-state index >= 15 is 0 Å². The fourth-order valence-corrected chi connectivity index (χ4v) is 2.49. The third kappa shape index (κ3) is 3.04. The number of benzene rings is 2. The minimum absolute atomic E-state index is 0.0676. The van der Waals surface area contributed by atoms with Crippen molar-refractivity contribution in [3.8, 4) is 0 Å². The molecule has 0 aliphatic carbocycles. The number of hydrogen-bond donors (Lipinski definition) is 2. The molecule has 6 heteroatoms. The molecule has 0 unspecified atom stereocenters. The van der Waals surface area contributed by atoms with Crippen molar-refractivity contribution in [1.29, 1.82) is 0 Å². The molecule has 0 aliphatic heterocycles. The minimum atomic E-state index is -1.80. The number of amides is 1. The Labute approximate surface area is 139 Å². The van der Waals surface area contributed by atoms with Crippen LogP contribution in [-0.2, 0) is 16.9 Å². The van der Waals surface area contributed by atoms with E-state index in [1.165, 1.54) is 0 Å². The Balaban J connectivity index is 1.91. The van der Waals surface area contributed by atoms with Crippen molar-refractivity contribution in [1.82, 2.24) is 15.5 Å². The van der Waals surface area contributed by atoms with Gasteiger partial charge in [0.2, 0.25) is 5.89 Å². The number of aromatic nitrogens is 2. The number of aliphatic hydroxyl groups is 1. The van der Waals surface area contributed by atoms with E-state index in [0.717, 1.165) is 0 Å². The van der Waals surface area contributed by atoms with Gasteiger partial charge in [0.25, 0.3) is 5.91 Å². The molecule has 3 rings (SSSR count). The first-order valence-electron chi connectivity index (χ1n) is 7.51. The maximum absolute atomic E-state index is 12.8. The van der Waals surface area contributed by atoms with Crippen LogP contribution in [0, 0.1) is 6.92 Å². The average molecular weight is 323 g/mol. The summed E-state index contributed by atoms with van der Waals surface area (Å²) in [5, 5.41) is 17.6. The molecule has 0 saturated heterocycles. The predicted octanol–water partition coefficient (Wildman–Crippen LogP) is 1.93. The van der Waals surface area contributed by atoms with Crippen LogP contribution in [0.4, 0.5) is 0 Å². The lowest BCUT2D eigenvalue weighted by atomic mass is 9.85. The van der Waals surface area contributed by atoms with Crippen LogP contribution in [0.25, 0.3) is 0 Å². The van der Waals surface area contributed by atoms with Gasteiger partial charge in [0.15, 0.2) is 11.4 Å². The van der Waals surface area contributed by atoms with Crippen LogP contribution < -0.4 is 5.32 Å². The van der Waals surface area contributed by atoms with E-state index in [1.54, 1.807) is 55.5 Å². The van der Waals surface area contributed by atoms with Gasteiger partial charge >= 0.3 is 0 Å². The van der Waals surface area contributed by atoms with Gasteiger partial charge in [-0.05, 0) is 11.1 Å². The summed E-state index contributed by atoms with van der Waals surface area (Å²) >= 11 is 0. The molecule has 1 amide bonds. The topological polar surface area (TPSA) is 88.2 Å². The zero-order chi connectivity index (χ0) is 17.0. The quantitative estimate of drug-likeness (QED) is 0.749. The summed E-state index contributed by atoms with van der Waals surface area (Å²) in [6, 6.07) is 17.6. The van der Waals surface area contributed by atoms with Crippen molar-refractivity contribution in [2.75, 3.05) is 0 Å².